The lowest BCUT2D eigenvalue weighted by molar-refractivity contribution is 0.157. The lowest BCUT2D eigenvalue weighted by Gasteiger charge is -2.15. The molecule has 0 atom stereocenters. The average molecular weight is 505 g/mol. The summed E-state index contributed by atoms with van der Waals surface area (Å²) in [7, 11) is -4.36. The Balaban J connectivity index is 3.66. The van der Waals surface area contributed by atoms with Crippen molar-refractivity contribution >= 4 is 10.4 Å². The first-order chi connectivity index (χ1) is 16.5. The van der Waals surface area contributed by atoms with Crippen LogP contribution in [0.4, 0.5) is 0 Å². The van der Waals surface area contributed by atoms with Gasteiger partial charge in [-0.2, -0.15) is 8.42 Å². The molecule has 0 fully saturated rings. The van der Waals surface area contributed by atoms with Crippen LogP contribution in [0.15, 0.2) is 0 Å². The summed E-state index contributed by atoms with van der Waals surface area (Å²) in [5.41, 5.74) is 0. The van der Waals surface area contributed by atoms with Gasteiger partial charge < -0.3 is 0 Å². The van der Waals surface area contributed by atoms with E-state index in [2.05, 4.69) is 13.8 Å². The molecule has 0 spiro atoms. The maximum atomic E-state index is 11.2. The molecule has 0 aliphatic carbocycles. The first-order valence-electron chi connectivity index (χ1n) is 15.1. The Hall–Kier alpha value is -0.130. The van der Waals surface area contributed by atoms with Gasteiger partial charge in [-0.1, -0.05) is 168 Å². The molecule has 0 bridgehead atoms. The normalized spacial score (nSPS) is 12.1. The van der Waals surface area contributed by atoms with Gasteiger partial charge in [-0.05, 0) is 12.8 Å². The fourth-order valence-corrected chi connectivity index (χ4v) is 5.37. The molecule has 0 aliphatic rings. The van der Waals surface area contributed by atoms with Gasteiger partial charge in [0.15, 0.2) is 0 Å². The molecule has 0 amide bonds. The molecule has 34 heavy (non-hydrogen) atoms. The Labute approximate surface area is 214 Å². The van der Waals surface area contributed by atoms with Gasteiger partial charge in [-0.15, -0.1) is 0 Å². The number of hydrogen-bond donors (Lipinski definition) is 1. The highest BCUT2D eigenvalue weighted by Gasteiger charge is 2.16. The second-order valence-electron chi connectivity index (χ2n) is 10.5. The molecule has 0 rings (SSSR count). The minimum atomic E-state index is -4.36. The Morgan fingerprint density at radius 2 is 0.706 bits per heavy atom. The third-order valence-electron chi connectivity index (χ3n) is 7.02. The summed E-state index contributed by atoms with van der Waals surface area (Å²) < 4.78 is 36.5. The van der Waals surface area contributed by atoms with Crippen molar-refractivity contribution in [2.24, 2.45) is 0 Å². The third kappa shape index (κ3) is 28.1. The Morgan fingerprint density at radius 3 is 0.941 bits per heavy atom. The summed E-state index contributed by atoms with van der Waals surface area (Å²) in [5.74, 6) is 0. The maximum Gasteiger partial charge on any atom is 0.397 e. The van der Waals surface area contributed by atoms with Crippen molar-refractivity contribution in [2.45, 2.75) is 187 Å². The molecule has 0 aromatic rings. The SMILES string of the molecule is CCCCCCCCCCCCCCC(CCCCCCCCCCCCCC)OS(=O)(=O)O. The number of hydrogen-bond acceptors (Lipinski definition) is 3. The van der Waals surface area contributed by atoms with E-state index in [0.29, 0.717) is 0 Å². The molecule has 0 aliphatic heterocycles. The topological polar surface area (TPSA) is 63.6 Å². The van der Waals surface area contributed by atoms with Crippen molar-refractivity contribution in [3.05, 3.63) is 0 Å². The fourth-order valence-electron chi connectivity index (χ4n) is 4.84. The van der Waals surface area contributed by atoms with Crippen molar-refractivity contribution in [1.82, 2.24) is 0 Å². The van der Waals surface area contributed by atoms with Crippen LogP contribution in [0.25, 0.3) is 0 Å². The van der Waals surface area contributed by atoms with Crippen LogP contribution < -0.4 is 0 Å². The lowest BCUT2D eigenvalue weighted by atomic mass is 10.0. The molecule has 4 nitrogen and oxygen atoms in total. The van der Waals surface area contributed by atoms with E-state index in [1.54, 1.807) is 0 Å². The summed E-state index contributed by atoms with van der Waals surface area (Å²) in [6.45, 7) is 4.52. The van der Waals surface area contributed by atoms with Crippen LogP contribution in [0.2, 0.25) is 0 Å². The monoisotopic (exact) mass is 504 g/mol. The molecule has 0 heterocycles. The van der Waals surface area contributed by atoms with Crippen LogP contribution >= 0.6 is 0 Å². The summed E-state index contributed by atoms with van der Waals surface area (Å²) >= 11 is 0. The van der Waals surface area contributed by atoms with Crippen molar-refractivity contribution < 1.29 is 17.2 Å². The standard InChI is InChI=1S/C29H60O4S/c1-3-5-7-9-11-13-15-17-19-21-23-25-27-29(33-34(30,31)32)28-26-24-22-20-18-16-14-12-10-8-6-4-2/h29H,3-28H2,1-2H3,(H,30,31,32). The molecular weight excluding hydrogens is 444 g/mol. The Bertz CT molecular complexity index is 464. The van der Waals surface area contributed by atoms with E-state index in [1.165, 1.54) is 128 Å². The van der Waals surface area contributed by atoms with Crippen LogP contribution in [-0.2, 0) is 14.6 Å². The van der Waals surface area contributed by atoms with E-state index in [4.69, 9.17) is 8.74 Å². The molecule has 0 saturated heterocycles. The van der Waals surface area contributed by atoms with E-state index in [9.17, 15) is 8.42 Å². The van der Waals surface area contributed by atoms with Crippen molar-refractivity contribution in [1.29, 1.82) is 0 Å². The van der Waals surface area contributed by atoms with E-state index >= 15 is 0 Å². The lowest BCUT2D eigenvalue weighted by Crippen LogP contribution is -2.18. The minimum Gasteiger partial charge on any atom is -0.264 e. The van der Waals surface area contributed by atoms with Crippen LogP contribution in [0.5, 0.6) is 0 Å². The second-order valence-corrected chi connectivity index (χ2v) is 11.5. The van der Waals surface area contributed by atoms with Crippen LogP contribution in [0.1, 0.15) is 181 Å². The predicted molar refractivity (Wildman–Crippen MR) is 148 cm³/mol. The highest BCUT2D eigenvalue weighted by molar-refractivity contribution is 7.80. The zero-order valence-electron chi connectivity index (χ0n) is 23.0. The van der Waals surface area contributed by atoms with Crippen molar-refractivity contribution in [3.63, 3.8) is 0 Å². The number of unbranched alkanes of at least 4 members (excludes halogenated alkanes) is 22. The van der Waals surface area contributed by atoms with E-state index in [-0.39, 0.29) is 6.10 Å². The van der Waals surface area contributed by atoms with Gasteiger partial charge in [0.05, 0.1) is 6.10 Å². The van der Waals surface area contributed by atoms with Gasteiger partial charge >= 0.3 is 10.4 Å². The smallest absolute Gasteiger partial charge is 0.264 e. The number of rotatable bonds is 28. The van der Waals surface area contributed by atoms with Gasteiger partial charge in [0.25, 0.3) is 0 Å². The summed E-state index contributed by atoms with van der Waals surface area (Å²) in [5, 5.41) is 0. The quantitative estimate of drug-likeness (QED) is 0.0850. The van der Waals surface area contributed by atoms with Crippen molar-refractivity contribution in [3.8, 4) is 0 Å². The van der Waals surface area contributed by atoms with E-state index < -0.39 is 10.4 Å². The highest BCUT2D eigenvalue weighted by Crippen LogP contribution is 2.19. The average Bonchev–Trinajstić information content (AvgIpc) is 2.79. The summed E-state index contributed by atoms with van der Waals surface area (Å²) in [4.78, 5) is 0. The molecule has 0 aromatic carbocycles. The zero-order chi connectivity index (χ0) is 25.2. The Kier molecular flexibility index (Phi) is 25.8. The Morgan fingerprint density at radius 1 is 0.471 bits per heavy atom. The van der Waals surface area contributed by atoms with Crippen LogP contribution in [-0.4, -0.2) is 19.1 Å². The predicted octanol–water partition coefficient (Wildman–Crippen LogP) is 10.4. The van der Waals surface area contributed by atoms with Gasteiger partial charge in [-0.25, -0.2) is 4.18 Å². The molecule has 1 N–H and O–H groups in total. The highest BCUT2D eigenvalue weighted by atomic mass is 32.3. The molecule has 206 valence electrons. The van der Waals surface area contributed by atoms with Crippen LogP contribution in [0, 0.1) is 0 Å². The zero-order valence-corrected chi connectivity index (χ0v) is 23.9. The first kappa shape index (κ1) is 33.9. The van der Waals surface area contributed by atoms with Crippen molar-refractivity contribution in [2.75, 3.05) is 0 Å². The molecule has 0 aromatic heterocycles. The van der Waals surface area contributed by atoms with E-state index in [1.807, 2.05) is 0 Å². The molecular formula is C29H60O4S. The second kappa shape index (κ2) is 25.9. The molecule has 0 radical (unpaired) electrons. The van der Waals surface area contributed by atoms with Gasteiger partial charge in [0.1, 0.15) is 0 Å². The molecule has 0 unspecified atom stereocenters. The van der Waals surface area contributed by atoms with Gasteiger partial charge in [0, 0.05) is 0 Å². The third-order valence-corrected chi connectivity index (χ3v) is 7.53. The first-order valence-corrected chi connectivity index (χ1v) is 16.5. The maximum absolute atomic E-state index is 11.2. The molecule has 0 saturated carbocycles. The minimum absolute atomic E-state index is 0.360. The summed E-state index contributed by atoms with van der Waals surface area (Å²) in [6.07, 6.45) is 32.1. The van der Waals surface area contributed by atoms with Gasteiger partial charge in [-0.3, -0.25) is 4.55 Å². The van der Waals surface area contributed by atoms with E-state index in [0.717, 1.165) is 38.5 Å². The largest absolute Gasteiger partial charge is 0.397 e. The fraction of sp³-hybridized carbons (Fsp3) is 1.00. The van der Waals surface area contributed by atoms with Crippen LogP contribution in [0.3, 0.4) is 0 Å². The van der Waals surface area contributed by atoms with Gasteiger partial charge in [0.2, 0.25) is 0 Å². The molecule has 5 heteroatoms. The summed E-state index contributed by atoms with van der Waals surface area (Å²) in [6, 6.07) is 0.